The van der Waals surface area contributed by atoms with Crippen molar-refractivity contribution in [2.45, 2.75) is 24.9 Å². The Hall–Kier alpha value is -3.50. The Morgan fingerprint density at radius 2 is 1.78 bits per heavy atom. The van der Waals surface area contributed by atoms with E-state index in [4.69, 9.17) is 16.3 Å². The number of hydrogen-bond donors (Lipinski definition) is 1. The van der Waals surface area contributed by atoms with E-state index < -0.39 is 17.6 Å². The lowest BCUT2D eigenvalue weighted by molar-refractivity contribution is -0.137. The first-order chi connectivity index (χ1) is 17.2. The van der Waals surface area contributed by atoms with Crippen LogP contribution in [0.4, 0.5) is 18.9 Å². The summed E-state index contributed by atoms with van der Waals surface area (Å²) in [6.07, 6.45) is -4.50. The number of benzene rings is 3. The number of ether oxygens (including phenoxy) is 1. The SMILES string of the molecule is Cc1ccc(OCc2nnc(SCC(=O)Nc3cccc(C(F)(F)F)c3)n2-c2ccc(Cl)cc2)cc1. The van der Waals surface area contributed by atoms with Gasteiger partial charge in [0.15, 0.2) is 11.0 Å². The van der Waals surface area contributed by atoms with Crippen LogP contribution in [-0.2, 0) is 17.6 Å². The van der Waals surface area contributed by atoms with Crippen molar-refractivity contribution < 1.29 is 22.7 Å². The third-order valence-electron chi connectivity index (χ3n) is 4.98. The second-order valence-corrected chi connectivity index (χ2v) is 9.11. The van der Waals surface area contributed by atoms with E-state index in [-0.39, 0.29) is 18.0 Å². The van der Waals surface area contributed by atoms with Crippen LogP contribution in [0.1, 0.15) is 17.0 Å². The monoisotopic (exact) mass is 532 g/mol. The summed E-state index contributed by atoms with van der Waals surface area (Å²) >= 11 is 7.13. The lowest BCUT2D eigenvalue weighted by atomic mass is 10.2. The van der Waals surface area contributed by atoms with Gasteiger partial charge in [-0.15, -0.1) is 10.2 Å². The summed E-state index contributed by atoms with van der Waals surface area (Å²) in [6.45, 7) is 2.10. The van der Waals surface area contributed by atoms with E-state index in [1.807, 2.05) is 31.2 Å². The number of nitrogens with one attached hydrogen (secondary N) is 1. The number of aromatic nitrogens is 3. The molecular weight excluding hydrogens is 513 g/mol. The molecule has 0 saturated heterocycles. The summed E-state index contributed by atoms with van der Waals surface area (Å²) in [6, 6.07) is 19.1. The molecular formula is C25H20ClF3N4O2S. The van der Waals surface area contributed by atoms with Crippen molar-refractivity contribution in [2.75, 3.05) is 11.1 Å². The molecule has 186 valence electrons. The molecule has 0 fully saturated rings. The Kier molecular flexibility index (Phi) is 7.85. The van der Waals surface area contributed by atoms with Gasteiger partial charge in [0.05, 0.1) is 11.3 Å². The van der Waals surface area contributed by atoms with Crippen LogP contribution in [0.15, 0.2) is 78.0 Å². The van der Waals surface area contributed by atoms with E-state index in [1.54, 1.807) is 28.8 Å². The molecule has 4 rings (SSSR count). The quantitative estimate of drug-likeness (QED) is 0.260. The van der Waals surface area contributed by atoms with Crippen LogP contribution in [-0.4, -0.2) is 26.4 Å². The van der Waals surface area contributed by atoms with Gasteiger partial charge >= 0.3 is 6.18 Å². The van der Waals surface area contributed by atoms with Crippen LogP contribution in [0, 0.1) is 6.92 Å². The third kappa shape index (κ3) is 6.58. The molecule has 0 spiro atoms. The number of aryl methyl sites for hydroxylation is 1. The molecule has 1 aromatic heterocycles. The van der Waals surface area contributed by atoms with Gasteiger partial charge in [-0.3, -0.25) is 9.36 Å². The summed E-state index contributed by atoms with van der Waals surface area (Å²) in [5.74, 6) is 0.586. The number of alkyl halides is 3. The Labute approximate surface area is 214 Å². The number of thioether (sulfide) groups is 1. The molecule has 4 aromatic rings. The minimum atomic E-state index is -4.50. The normalized spacial score (nSPS) is 11.4. The van der Waals surface area contributed by atoms with Crippen LogP contribution < -0.4 is 10.1 Å². The first-order valence-electron chi connectivity index (χ1n) is 10.7. The largest absolute Gasteiger partial charge is 0.486 e. The maximum absolute atomic E-state index is 12.9. The van der Waals surface area contributed by atoms with Crippen LogP contribution in [0.3, 0.4) is 0 Å². The van der Waals surface area contributed by atoms with E-state index in [0.29, 0.717) is 27.4 Å². The van der Waals surface area contributed by atoms with Gasteiger partial charge in [-0.05, 0) is 61.5 Å². The third-order valence-corrected chi connectivity index (χ3v) is 6.16. The van der Waals surface area contributed by atoms with E-state index in [2.05, 4.69) is 15.5 Å². The number of carbonyl (C=O) groups is 1. The molecule has 0 saturated carbocycles. The predicted molar refractivity (Wildman–Crippen MR) is 133 cm³/mol. The molecule has 0 aliphatic rings. The summed E-state index contributed by atoms with van der Waals surface area (Å²) < 4.78 is 46.4. The average molecular weight is 533 g/mol. The Bertz CT molecular complexity index is 1340. The Balaban J connectivity index is 1.49. The van der Waals surface area contributed by atoms with Crippen LogP contribution in [0.2, 0.25) is 5.02 Å². The molecule has 0 aliphatic carbocycles. The van der Waals surface area contributed by atoms with Gasteiger partial charge in [0.2, 0.25) is 5.91 Å². The topological polar surface area (TPSA) is 69.0 Å². The average Bonchev–Trinajstić information content (AvgIpc) is 3.25. The predicted octanol–water partition coefficient (Wildman–Crippen LogP) is 6.56. The van der Waals surface area contributed by atoms with Gasteiger partial charge in [0.1, 0.15) is 12.4 Å². The lowest BCUT2D eigenvalue weighted by Crippen LogP contribution is -2.15. The van der Waals surface area contributed by atoms with Crippen molar-refractivity contribution in [1.82, 2.24) is 14.8 Å². The molecule has 1 heterocycles. The minimum Gasteiger partial charge on any atom is -0.486 e. The highest BCUT2D eigenvalue weighted by Gasteiger charge is 2.30. The highest BCUT2D eigenvalue weighted by molar-refractivity contribution is 7.99. The minimum absolute atomic E-state index is 0.0572. The molecule has 0 aliphatic heterocycles. The smallest absolute Gasteiger partial charge is 0.416 e. The van der Waals surface area contributed by atoms with E-state index in [1.165, 1.54) is 12.1 Å². The fourth-order valence-electron chi connectivity index (χ4n) is 3.22. The van der Waals surface area contributed by atoms with Gasteiger partial charge in [-0.2, -0.15) is 13.2 Å². The summed E-state index contributed by atoms with van der Waals surface area (Å²) in [7, 11) is 0. The molecule has 6 nitrogen and oxygen atoms in total. The number of hydrogen-bond acceptors (Lipinski definition) is 5. The van der Waals surface area contributed by atoms with Crippen LogP contribution in [0.25, 0.3) is 5.69 Å². The van der Waals surface area contributed by atoms with Crippen molar-refractivity contribution in [3.05, 3.63) is 94.8 Å². The molecule has 11 heteroatoms. The summed E-state index contributed by atoms with van der Waals surface area (Å²) in [5, 5.41) is 11.9. The Morgan fingerprint density at radius 3 is 2.47 bits per heavy atom. The number of amides is 1. The molecule has 0 radical (unpaired) electrons. The van der Waals surface area contributed by atoms with Crippen molar-refractivity contribution in [3.8, 4) is 11.4 Å². The molecule has 36 heavy (non-hydrogen) atoms. The standard InChI is InChI=1S/C25H20ClF3N4O2S/c1-16-5-11-21(12-6-16)35-14-22-31-32-24(33(22)20-9-7-18(26)8-10-20)36-15-23(34)30-19-4-2-3-17(13-19)25(27,28)29/h2-13H,14-15H2,1H3,(H,30,34). The van der Waals surface area contributed by atoms with Gasteiger partial charge in [-0.25, -0.2) is 0 Å². The van der Waals surface area contributed by atoms with Crippen molar-refractivity contribution >= 4 is 35.0 Å². The fraction of sp³-hybridized carbons (Fsp3) is 0.160. The molecule has 0 atom stereocenters. The fourth-order valence-corrected chi connectivity index (χ4v) is 4.12. The first kappa shape index (κ1) is 25.6. The van der Waals surface area contributed by atoms with Crippen LogP contribution >= 0.6 is 23.4 Å². The lowest BCUT2D eigenvalue weighted by Gasteiger charge is -2.12. The molecule has 0 bridgehead atoms. The van der Waals surface area contributed by atoms with Crippen molar-refractivity contribution in [3.63, 3.8) is 0 Å². The van der Waals surface area contributed by atoms with Crippen molar-refractivity contribution in [1.29, 1.82) is 0 Å². The van der Waals surface area contributed by atoms with E-state index >= 15 is 0 Å². The molecule has 3 aromatic carbocycles. The van der Waals surface area contributed by atoms with Crippen LogP contribution in [0.5, 0.6) is 5.75 Å². The van der Waals surface area contributed by atoms with Gasteiger partial charge in [0.25, 0.3) is 0 Å². The maximum atomic E-state index is 12.9. The number of nitrogens with zero attached hydrogens (tertiary/aromatic N) is 3. The molecule has 0 unspecified atom stereocenters. The number of halogens is 4. The molecule has 1 amide bonds. The highest BCUT2D eigenvalue weighted by atomic mass is 35.5. The zero-order valence-electron chi connectivity index (χ0n) is 18.9. The van der Waals surface area contributed by atoms with Crippen molar-refractivity contribution in [2.24, 2.45) is 0 Å². The summed E-state index contributed by atoms with van der Waals surface area (Å²) in [4.78, 5) is 12.5. The first-order valence-corrected chi connectivity index (χ1v) is 12.0. The maximum Gasteiger partial charge on any atom is 0.416 e. The Morgan fingerprint density at radius 1 is 1.06 bits per heavy atom. The van der Waals surface area contributed by atoms with Gasteiger partial charge in [-0.1, -0.05) is 47.1 Å². The zero-order chi connectivity index (χ0) is 25.7. The summed E-state index contributed by atoms with van der Waals surface area (Å²) in [5.41, 5.74) is 1.04. The second-order valence-electron chi connectivity index (χ2n) is 7.73. The highest BCUT2D eigenvalue weighted by Crippen LogP contribution is 2.31. The number of rotatable bonds is 8. The number of anilines is 1. The van der Waals surface area contributed by atoms with E-state index in [9.17, 15) is 18.0 Å². The van der Waals surface area contributed by atoms with E-state index in [0.717, 1.165) is 29.5 Å². The zero-order valence-corrected chi connectivity index (χ0v) is 20.5. The molecule has 1 N–H and O–H groups in total. The van der Waals surface area contributed by atoms with Gasteiger partial charge in [0, 0.05) is 16.4 Å². The second kappa shape index (κ2) is 11.0. The number of carbonyl (C=O) groups excluding carboxylic acids is 1. The van der Waals surface area contributed by atoms with Gasteiger partial charge < -0.3 is 10.1 Å².